The van der Waals surface area contributed by atoms with Gasteiger partial charge in [-0.25, -0.2) is 4.39 Å². The smallest absolute Gasteiger partial charge is 0.238 e. The number of hydrogen-bond acceptors (Lipinski definition) is 4. The summed E-state index contributed by atoms with van der Waals surface area (Å²) >= 11 is 0. The minimum absolute atomic E-state index is 0.0420. The van der Waals surface area contributed by atoms with Gasteiger partial charge >= 0.3 is 0 Å². The Bertz CT molecular complexity index is 781. The van der Waals surface area contributed by atoms with Gasteiger partial charge < -0.3 is 15.4 Å². The second kappa shape index (κ2) is 8.29. The Morgan fingerprint density at radius 1 is 1.35 bits per heavy atom. The number of anilines is 1. The molecule has 0 spiro atoms. The summed E-state index contributed by atoms with van der Waals surface area (Å²) in [5.41, 5.74) is 2.08. The van der Waals surface area contributed by atoms with Gasteiger partial charge in [0.1, 0.15) is 11.6 Å². The van der Waals surface area contributed by atoms with Crippen LogP contribution in [0.2, 0.25) is 0 Å². The van der Waals surface area contributed by atoms with Crippen molar-refractivity contribution in [2.45, 2.75) is 13.0 Å². The van der Waals surface area contributed by atoms with Crippen molar-refractivity contribution in [2.24, 2.45) is 0 Å². The van der Waals surface area contributed by atoms with Crippen LogP contribution in [-0.4, -0.2) is 44.1 Å². The van der Waals surface area contributed by atoms with Crippen molar-refractivity contribution in [3.05, 3.63) is 59.4 Å². The van der Waals surface area contributed by atoms with E-state index in [1.807, 2.05) is 24.3 Å². The number of amides is 1. The van der Waals surface area contributed by atoms with E-state index in [1.165, 1.54) is 6.07 Å². The number of halogens is 1. The molecule has 3 rings (SSSR count). The van der Waals surface area contributed by atoms with Crippen molar-refractivity contribution >= 4 is 11.6 Å². The lowest BCUT2D eigenvalue weighted by Gasteiger charge is -2.36. The third-order valence-corrected chi connectivity index (χ3v) is 4.65. The molecule has 1 fully saturated rings. The van der Waals surface area contributed by atoms with Crippen molar-refractivity contribution in [1.29, 1.82) is 0 Å². The largest absolute Gasteiger partial charge is 0.496 e. The van der Waals surface area contributed by atoms with Crippen molar-refractivity contribution < 1.29 is 13.9 Å². The van der Waals surface area contributed by atoms with E-state index in [4.69, 9.17) is 4.74 Å². The minimum Gasteiger partial charge on any atom is -0.496 e. The second-order valence-electron chi connectivity index (χ2n) is 6.44. The van der Waals surface area contributed by atoms with E-state index in [1.54, 1.807) is 26.2 Å². The zero-order chi connectivity index (χ0) is 18.5. The molecule has 1 unspecified atom stereocenters. The van der Waals surface area contributed by atoms with Crippen LogP contribution in [0.3, 0.4) is 0 Å². The van der Waals surface area contributed by atoms with Crippen molar-refractivity contribution in [3.8, 4) is 5.75 Å². The number of carbonyl (C=O) groups is 1. The Hall–Kier alpha value is -2.44. The molecule has 0 aromatic heterocycles. The molecule has 2 aromatic carbocycles. The fourth-order valence-electron chi connectivity index (χ4n) is 3.24. The number of nitrogens with one attached hydrogen (secondary N) is 2. The Morgan fingerprint density at radius 3 is 2.92 bits per heavy atom. The van der Waals surface area contributed by atoms with E-state index in [0.717, 1.165) is 30.9 Å². The highest BCUT2D eigenvalue weighted by molar-refractivity contribution is 5.92. The SMILES string of the molecule is COc1ccccc1C1CNCCN1CC(=O)Nc1ccc(C)c(F)c1. The van der Waals surface area contributed by atoms with Gasteiger partial charge in [0, 0.05) is 30.9 Å². The molecular formula is C20H24FN3O2. The summed E-state index contributed by atoms with van der Waals surface area (Å²) in [5, 5.41) is 6.16. The monoisotopic (exact) mass is 357 g/mol. The highest BCUT2D eigenvalue weighted by Crippen LogP contribution is 2.30. The molecule has 0 bridgehead atoms. The molecule has 2 aromatic rings. The quantitative estimate of drug-likeness (QED) is 0.864. The van der Waals surface area contributed by atoms with Gasteiger partial charge in [-0.15, -0.1) is 0 Å². The van der Waals surface area contributed by atoms with Crippen LogP contribution in [0.1, 0.15) is 17.2 Å². The highest BCUT2D eigenvalue weighted by atomic mass is 19.1. The van der Waals surface area contributed by atoms with Crippen LogP contribution >= 0.6 is 0 Å². The van der Waals surface area contributed by atoms with Crippen LogP contribution in [0.15, 0.2) is 42.5 Å². The van der Waals surface area contributed by atoms with E-state index < -0.39 is 0 Å². The Labute approximate surface area is 153 Å². The molecule has 1 aliphatic rings. The summed E-state index contributed by atoms with van der Waals surface area (Å²) in [6.45, 7) is 4.24. The first-order chi connectivity index (χ1) is 12.6. The maximum atomic E-state index is 13.7. The number of aryl methyl sites for hydroxylation is 1. The molecule has 1 atom stereocenters. The first kappa shape index (κ1) is 18.4. The molecule has 0 radical (unpaired) electrons. The zero-order valence-electron chi connectivity index (χ0n) is 15.1. The number of ether oxygens (including phenoxy) is 1. The van der Waals surface area contributed by atoms with Gasteiger partial charge in [-0.05, 0) is 30.7 Å². The molecule has 0 aliphatic carbocycles. The normalized spacial score (nSPS) is 17.7. The molecule has 1 aliphatic heterocycles. The number of hydrogen-bond donors (Lipinski definition) is 2. The van der Waals surface area contributed by atoms with Gasteiger partial charge in [0.25, 0.3) is 0 Å². The minimum atomic E-state index is -0.322. The van der Waals surface area contributed by atoms with Crippen LogP contribution in [0.4, 0.5) is 10.1 Å². The van der Waals surface area contributed by atoms with Gasteiger partial charge in [-0.1, -0.05) is 24.3 Å². The molecule has 2 N–H and O–H groups in total. The van der Waals surface area contributed by atoms with Gasteiger partial charge in [-0.2, -0.15) is 0 Å². The van der Waals surface area contributed by atoms with E-state index in [0.29, 0.717) is 11.3 Å². The average Bonchev–Trinajstić information content (AvgIpc) is 2.65. The molecule has 5 nitrogen and oxygen atoms in total. The third kappa shape index (κ3) is 4.20. The second-order valence-corrected chi connectivity index (χ2v) is 6.44. The highest BCUT2D eigenvalue weighted by Gasteiger charge is 2.27. The first-order valence-electron chi connectivity index (χ1n) is 8.72. The number of carbonyl (C=O) groups excluding carboxylic acids is 1. The number of rotatable bonds is 5. The standard InChI is InChI=1S/C20H24FN3O2/c1-14-7-8-15(11-17(14)21)23-20(25)13-24-10-9-22-12-18(24)16-5-3-4-6-19(16)26-2/h3-8,11,18,22H,9-10,12-13H2,1-2H3,(H,23,25). The third-order valence-electron chi connectivity index (χ3n) is 4.65. The Morgan fingerprint density at radius 2 is 2.15 bits per heavy atom. The van der Waals surface area contributed by atoms with Crippen LogP contribution in [-0.2, 0) is 4.79 Å². The topological polar surface area (TPSA) is 53.6 Å². The summed E-state index contributed by atoms with van der Waals surface area (Å²) in [5.74, 6) is 0.333. The summed E-state index contributed by atoms with van der Waals surface area (Å²) in [7, 11) is 1.65. The lowest BCUT2D eigenvalue weighted by molar-refractivity contribution is -0.118. The summed E-state index contributed by atoms with van der Waals surface area (Å²) in [6.07, 6.45) is 0. The van der Waals surface area contributed by atoms with Gasteiger partial charge in [0.2, 0.25) is 5.91 Å². The Balaban J connectivity index is 1.71. The summed E-state index contributed by atoms with van der Waals surface area (Å²) in [6, 6.07) is 12.6. The van der Waals surface area contributed by atoms with Crippen LogP contribution in [0.5, 0.6) is 5.75 Å². The number of para-hydroxylation sites is 1. The van der Waals surface area contributed by atoms with Crippen LogP contribution < -0.4 is 15.4 Å². The number of methoxy groups -OCH3 is 1. The summed E-state index contributed by atoms with van der Waals surface area (Å²) in [4.78, 5) is 14.6. The number of piperazine rings is 1. The van der Waals surface area contributed by atoms with Crippen LogP contribution in [0.25, 0.3) is 0 Å². The van der Waals surface area contributed by atoms with Crippen molar-refractivity contribution in [2.75, 3.05) is 38.6 Å². The zero-order valence-corrected chi connectivity index (χ0v) is 15.1. The average molecular weight is 357 g/mol. The first-order valence-corrected chi connectivity index (χ1v) is 8.72. The fraction of sp³-hybridized carbons (Fsp3) is 0.350. The van der Waals surface area contributed by atoms with E-state index in [9.17, 15) is 9.18 Å². The van der Waals surface area contributed by atoms with E-state index >= 15 is 0 Å². The molecule has 6 heteroatoms. The molecule has 1 saturated heterocycles. The van der Waals surface area contributed by atoms with Gasteiger partial charge in [0.05, 0.1) is 19.7 Å². The molecule has 26 heavy (non-hydrogen) atoms. The van der Waals surface area contributed by atoms with Gasteiger partial charge in [0.15, 0.2) is 0 Å². The van der Waals surface area contributed by atoms with E-state index in [2.05, 4.69) is 15.5 Å². The molecular weight excluding hydrogens is 333 g/mol. The van der Waals surface area contributed by atoms with Crippen LogP contribution in [0, 0.1) is 12.7 Å². The molecule has 1 heterocycles. The fourth-order valence-corrected chi connectivity index (χ4v) is 3.24. The van der Waals surface area contributed by atoms with E-state index in [-0.39, 0.29) is 24.3 Å². The molecule has 138 valence electrons. The van der Waals surface area contributed by atoms with Crippen molar-refractivity contribution in [3.63, 3.8) is 0 Å². The maximum absolute atomic E-state index is 13.7. The predicted molar refractivity (Wildman–Crippen MR) is 99.9 cm³/mol. The predicted octanol–water partition coefficient (Wildman–Crippen LogP) is 2.73. The maximum Gasteiger partial charge on any atom is 0.238 e. The summed E-state index contributed by atoms with van der Waals surface area (Å²) < 4.78 is 19.1. The number of nitrogens with zero attached hydrogens (tertiary/aromatic N) is 1. The van der Waals surface area contributed by atoms with Gasteiger partial charge in [-0.3, -0.25) is 9.69 Å². The molecule has 0 saturated carbocycles. The number of benzene rings is 2. The van der Waals surface area contributed by atoms with Crippen molar-refractivity contribution in [1.82, 2.24) is 10.2 Å². The lowest BCUT2D eigenvalue weighted by Crippen LogP contribution is -2.48. The molecule has 1 amide bonds. The lowest BCUT2D eigenvalue weighted by atomic mass is 10.0. The Kier molecular flexibility index (Phi) is 5.85.